The molecular weight excluding hydrogens is 420 g/mol. The summed E-state index contributed by atoms with van der Waals surface area (Å²) in [4.78, 5) is 29.8. The topological polar surface area (TPSA) is 69.6 Å². The lowest BCUT2D eigenvalue weighted by Crippen LogP contribution is -2.57. The molecule has 1 fully saturated rings. The summed E-state index contributed by atoms with van der Waals surface area (Å²) in [7, 11) is 0. The molecule has 0 bridgehead atoms. The van der Waals surface area contributed by atoms with Crippen LogP contribution in [0.4, 0.5) is 0 Å². The quantitative estimate of drug-likeness (QED) is 0.610. The molecule has 1 amide bonds. The molecule has 5 rings (SSSR count). The average molecular weight is 441 g/mol. The lowest BCUT2D eigenvalue weighted by Gasteiger charge is -2.45. The number of fused-ring (bicyclic) bond motifs is 2. The van der Waals surface area contributed by atoms with Crippen LogP contribution < -0.4 is 10.7 Å². The number of nitrogens with one attached hydrogen (secondary N) is 2. The van der Waals surface area contributed by atoms with Crippen molar-refractivity contribution in [3.8, 4) is 0 Å². The lowest BCUT2D eigenvalue weighted by atomic mass is 9.78. The molecule has 4 heterocycles. The monoisotopic (exact) mass is 440 g/mol. The zero-order valence-electron chi connectivity index (χ0n) is 15.4. The number of rotatable bonds is 1. The molecule has 3 aromatic rings. The second-order valence-electron chi connectivity index (χ2n) is 7.82. The van der Waals surface area contributed by atoms with E-state index in [1.807, 2.05) is 4.90 Å². The van der Waals surface area contributed by atoms with E-state index in [0.29, 0.717) is 15.8 Å². The van der Waals surface area contributed by atoms with Crippen molar-refractivity contribution in [2.24, 2.45) is 0 Å². The number of pyridine rings is 1. The highest BCUT2D eigenvalue weighted by Gasteiger charge is 2.38. The van der Waals surface area contributed by atoms with Gasteiger partial charge in [0.1, 0.15) is 11.3 Å². The van der Waals surface area contributed by atoms with Crippen LogP contribution in [0.1, 0.15) is 34.5 Å². The fourth-order valence-electron chi connectivity index (χ4n) is 4.42. The number of aromatic nitrogens is 2. The summed E-state index contributed by atoms with van der Waals surface area (Å²) >= 11 is 3.24. The molecule has 6 nitrogen and oxygen atoms in total. The highest BCUT2D eigenvalue weighted by molar-refractivity contribution is 9.10. The molecule has 2 aliphatic heterocycles. The highest BCUT2D eigenvalue weighted by atomic mass is 79.9. The molecule has 0 saturated carbocycles. The minimum atomic E-state index is -0.107. The fourth-order valence-corrected chi connectivity index (χ4v) is 4.76. The number of carbonyl (C=O) groups is 1. The fraction of sp³-hybridized carbons (Fsp3) is 0.333. The van der Waals surface area contributed by atoms with Crippen LogP contribution in [-0.4, -0.2) is 38.8 Å². The van der Waals surface area contributed by atoms with Crippen LogP contribution in [0.2, 0.25) is 0 Å². The number of likely N-dealkylation sites (tertiary alicyclic amines) is 1. The third-order valence-electron chi connectivity index (χ3n) is 6.10. The van der Waals surface area contributed by atoms with Gasteiger partial charge in [-0.15, -0.1) is 0 Å². The molecule has 0 radical (unpaired) electrons. The van der Waals surface area contributed by atoms with Crippen LogP contribution in [0, 0.1) is 0 Å². The summed E-state index contributed by atoms with van der Waals surface area (Å²) in [5.41, 5.74) is 3.91. The first-order chi connectivity index (χ1) is 13.5. The minimum Gasteiger partial charge on any atom is -0.337 e. The summed E-state index contributed by atoms with van der Waals surface area (Å²) in [6.45, 7) is 2.35. The average Bonchev–Trinajstić information content (AvgIpc) is 3.11. The van der Waals surface area contributed by atoms with E-state index in [9.17, 15) is 9.59 Å². The van der Waals surface area contributed by atoms with Gasteiger partial charge in [-0.25, -0.2) is 0 Å². The zero-order chi connectivity index (χ0) is 19.3. The van der Waals surface area contributed by atoms with Crippen molar-refractivity contribution in [1.29, 1.82) is 0 Å². The molecule has 1 aromatic carbocycles. The first-order valence-electron chi connectivity index (χ1n) is 9.55. The smallest absolute Gasteiger partial charge is 0.271 e. The summed E-state index contributed by atoms with van der Waals surface area (Å²) < 4.78 is 2.25. The van der Waals surface area contributed by atoms with E-state index in [4.69, 9.17) is 0 Å². The van der Waals surface area contributed by atoms with Gasteiger partial charge in [0.15, 0.2) is 5.43 Å². The number of imidazole rings is 1. The normalized spacial score (nSPS) is 18.4. The van der Waals surface area contributed by atoms with E-state index >= 15 is 0 Å². The molecule has 0 unspecified atom stereocenters. The molecule has 144 valence electrons. The van der Waals surface area contributed by atoms with Crippen LogP contribution in [-0.2, 0) is 13.0 Å². The Kier molecular flexibility index (Phi) is 4.17. The van der Waals surface area contributed by atoms with Gasteiger partial charge in [-0.1, -0.05) is 24.3 Å². The van der Waals surface area contributed by atoms with Crippen LogP contribution in [0.15, 0.2) is 52.0 Å². The summed E-state index contributed by atoms with van der Waals surface area (Å²) in [5, 5.41) is 3.73. The van der Waals surface area contributed by atoms with Gasteiger partial charge in [0.25, 0.3) is 5.91 Å². The van der Waals surface area contributed by atoms with Gasteiger partial charge in [0.2, 0.25) is 0 Å². The first kappa shape index (κ1) is 17.7. The molecule has 2 aliphatic rings. The van der Waals surface area contributed by atoms with Crippen molar-refractivity contribution >= 4 is 27.5 Å². The van der Waals surface area contributed by atoms with Crippen molar-refractivity contribution < 1.29 is 4.79 Å². The summed E-state index contributed by atoms with van der Waals surface area (Å²) in [5.74, 6) is -0.0154. The standard InChI is InChI=1S/C21H21BrN4O2/c22-16-12-26-13-17(24-19(26)9-18(16)27)20(28)25-7-5-21(6-8-25)10-14-3-1-2-4-15(14)11-23-21/h1-4,9,12-13,23-24H,5-8,10-11H2. The number of H-pyrrole nitrogens is 1. The predicted molar refractivity (Wildman–Crippen MR) is 111 cm³/mol. The van der Waals surface area contributed by atoms with Crippen LogP contribution in [0.25, 0.3) is 5.65 Å². The third kappa shape index (κ3) is 2.99. The van der Waals surface area contributed by atoms with E-state index in [2.05, 4.69) is 50.5 Å². The minimum absolute atomic E-state index is 0.0154. The largest absolute Gasteiger partial charge is 0.337 e. The van der Waals surface area contributed by atoms with Crippen LogP contribution >= 0.6 is 15.9 Å². The van der Waals surface area contributed by atoms with Crippen LogP contribution in [0.5, 0.6) is 0 Å². The summed E-state index contributed by atoms with van der Waals surface area (Å²) in [6, 6.07) is 10.1. The molecular formula is C21H21BrN4O2. The van der Waals surface area contributed by atoms with E-state index < -0.39 is 0 Å². The van der Waals surface area contributed by atoms with Crippen molar-refractivity contribution in [1.82, 2.24) is 19.6 Å². The number of benzene rings is 1. The zero-order valence-corrected chi connectivity index (χ0v) is 17.0. The Bertz CT molecular complexity index is 1120. The van der Waals surface area contributed by atoms with E-state index in [1.54, 1.807) is 16.8 Å². The van der Waals surface area contributed by atoms with Crippen LogP contribution in [0.3, 0.4) is 0 Å². The maximum Gasteiger partial charge on any atom is 0.271 e. The Morgan fingerprint density at radius 1 is 1.11 bits per heavy atom. The second kappa shape index (κ2) is 6.60. The number of aromatic amines is 1. The Balaban J connectivity index is 1.32. The molecule has 0 aliphatic carbocycles. The number of piperidine rings is 1. The van der Waals surface area contributed by atoms with E-state index in [0.717, 1.165) is 38.9 Å². The summed E-state index contributed by atoms with van der Waals surface area (Å²) in [6.07, 6.45) is 6.34. The lowest BCUT2D eigenvalue weighted by molar-refractivity contribution is 0.0626. The van der Waals surface area contributed by atoms with Gasteiger partial charge in [-0.2, -0.15) is 0 Å². The second-order valence-corrected chi connectivity index (χ2v) is 8.67. The number of nitrogens with zero attached hydrogens (tertiary/aromatic N) is 2. The van der Waals surface area contributed by atoms with Crippen molar-refractivity contribution in [2.45, 2.75) is 31.3 Å². The predicted octanol–water partition coefficient (Wildman–Crippen LogP) is 2.71. The van der Waals surface area contributed by atoms with Gasteiger partial charge < -0.3 is 19.6 Å². The molecule has 2 N–H and O–H groups in total. The number of carbonyl (C=O) groups excluding carboxylic acids is 1. The SMILES string of the molecule is O=C(c1cn2cc(Br)c(=O)cc2[nH]1)N1CCC2(CC1)Cc1ccccc1CN2. The number of halogens is 1. The third-order valence-corrected chi connectivity index (χ3v) is 6.70. The Morgan fingerprint density at radius 2 is 1.86 bits per heavy atom. The van der Waals surface area contributed by atoms with Gasteiger partial charge in [0.05, 0.1) is 4.47 Å². The van der Waals surface area contributed by atoms with Crippen molar-refractivity contribution in [3.63, 3.8) is 0 Å². The molecule has 2 aromatic heterocycles. The molecule has 7 heteroatoms. The van der Waals surface area contributed by atoms with Gasteiger partial charge in [-0.3, -0.25) is 9.59 Å². The Labute approximate surface area is 170 Å². The molecule has 28 heavy (non-hydrogen) atoms. The van der Waals surface area contributed by atoms with E-state index in [1.165, 1.54) is 17.2 Å². The highest BCUT2D eigenvalue weighted by Crippen LogP contribution is 2.32. The first-order valence-corrected chi connectivity index (χ1v) is 10.3. The van der Waals surface area contributed by atoms with Crippen molar-refractivity contribution in [3.05, 3.63) is 74.2 Å². The molecule has 0 atom stereocenters. The maximum absolute atomic E-state index is 13.0. The number of hydrogen-bond acceptors (Lipinski definition) is 3. The van der Waals surface area contributed by atoms with Crippen molar-refractivity contribution in [2.75, 3.05) is 13.1 Å². The maximum atomic E-state index is 13.0. The Hall–Kier alpha value is -2.38. The number of amides is 1. The van der Waals surface area contributed by atoms with Gasteiger partial charge in [0, 0.05) is 43.6 Å². The number of hydrogen-bond donors (Lipinski definition) is 2. The Morgan fingerprint density at radius 3 is 2.64 bits per heavy atom. The van der Waals surface area contributed by atoms with Gasteiger partial charge in [-0.05, 0) is 46.3 Å². The van der Waals surface area contributed by atoms with Gasteiger partial charge >= 0.3 is 0 Å². The molecule has 1 spiro atoms. The molecule has 1 saturated heterocycles. The van der Waals surface area contributed by atoms with E-state index in [-0.39, 0.29) is 16.9 Å².